The molecule has 0 spiro atoms. The molecule has 2 nitrogen and oxygen atoms in total. The molecule has 0 bridgehead atoms. The van der Waals surface area contributed by atoms with Crippen LogP contribution in [0.15, 0.2) is 24.3 Å². The van der Waals surface area contributed by atoms with E-state index in [1.54, 1.807) is 0 Å². The van der Waals surface area contributed by atoms with E-state index in [0.717, 1.165) is 13.1 Å². The van der Waals surface area contributed by atoms with Crippen LogP contribution >= 0.6 is 0 Å². The summed E-state index contributed by atoms with van der Waals surface area (Å²) in [6, 6.07) is 0. The van der Waals surface area contributed by atoms with E-state index in [2.05, 4.69) is 38.2 Å². The average molecular weight is 493 g/mol. The Kier molecular flexibility index (Phi) is 39.6. The van der Waals surface area contributed by atoms with Crippen molar-refractivity contribution in [3.8, 4) is 0 Å². The fraction of sp³-hybridized carbons (Fsp3) is 0.879. The maximum atomic E-state index is 5.47. The lowest BCUT2D eigenvalue weighted by molar-refractivity contribution is 0.600. The summed E-state index contributed by atoms with van der Waals surface area (Å²) >= 11 is 0. The molecule has 0 aromatic rings. The maximum Gasteiger partial charge on any atom is -0.00773 e. The van der Waals surface area contributed by atoms with Gasteiger partial charge in [-0.1, -0.05) is 134 Å². The van der Waals surface area contributed by atoms with E-state index in [0.29, 0.717) is 0 Å². The minimum Gasteiger partial charge on any atom is -0.330 e. The van der Waals surface area contributed by atoms with Crippen LogP contribution in [0.3, 0.4) is 0 Å². The number of hydrogen-bond donors (Lipinski definition) is 2. The molecule has 0 aliphatic rings. The summed E-state index contributed by atoms with van der Waals surface area (Å²) in [6.07, 6.45) is 43.3. The van der Waals surface area contributed by atoms with Crippen LogP contribution in [0.1, 0.15) is 174 Å². The van der Waals surface area contributed by atoms with Crippen molar-refractivity contribution in [3.05, 3.63) is 24.3 Å². The van der Waals surface area contributed by atoms with Gasteiger partial charge in [-0.05, 0) is 77.3 Å². The monoisotopic (exact) mass is 493 g/mol. The van der Waals surface area contributed by atoms with Gasteiger partial charge < -0.3 is 11.5 Å². The van der Waals surface area contributed by atoms with E-state index in [4.69, 9.17) is 11.5 Å². The summed E-state index contributed by atoms with van der Waals surface area (Å²) in [5.41, 5.74) is 10.9. The first kappa shape index (κ1) is 36.6. The zero-order chi connectivity index (χ0) is 25.9. The largest absolute Gasteiger partial charge is 0.330 e. The van der Waals surface area contributed by atoms with Crippen molar-refractivity contribution in [2.75, 3.05) is 13.1 Å². The van der Waals surface area contributed by atoms with Crippen LogP contribution in [0.2, 0.25) is 0 Å². The van der Waals surface area contributed by atoms with E-state index in [1.165, 1.54) is 161 Å². The molecule has 0 saturated carbocycles. The van der Waals surface area contributed by atoms with Gasteiger partial charge in [-0.2, -0.15) is 0 Å². The third-order valence-corrected chi connectivity index (χ3v) is 6.68. The fourth-order valence-electron chi connectivity index (χ4n) is 4.25. The molecular formula is C33H68N2. The zero-order valence-corrected chi connectivity index (χ0v) is 24.6. The van der Waals surface area contributed by atoms with Gasteiger partial charge in [0.2, 0.25) is 0 Å². The second-order valence-corrected chi connectivity index (χ2v) is 10.4. The molecule has 0 fully saturated rings. The Bertz CT molecular complexity index is 389. The first-order valence-corrected chi connectivity index (χ1v) is 16.0. The minimum atomic E-state index is 0.862. The van der Waals surface area contributed by atoms with Crippen LogP contribution in [0, 0.1) is 0 Å². The van der Waals surface area contributed by atoms with Crippen LogP contribution in [-0.4, -0.2) is 13.1 Å². The number of unbranched alkanes of at least 4 members (excludes halogenated alkanes) is 21. The summed E-state index contributed by atoms with van der Waals surface area (Å²) in [4.78, 5) is 0. The molecule has 0 heterocycles. The normalized spacial score (nSPS) is 11.4. The molecule has 0 unspecified atom stereocenters. The number of hydrogen-bond acceptors (Lipinski definition) is 2. The molecule has 0 aliphatic carbocycles. The first-order valence-electron chi connectivity index (χ1n) is 16.0. The molecule has 0 aromatic carbocycles. The van der Waals surface area contributed by atoms with Gasteiger partial charge in [0.15, 0.2) is 0 Å². The molecule has 4 N–H and O–H groups in total. The summed E-state index contributed by atoms with van der Waals surface area (Å²) in [7, 11) is 0. The van der Waals surface area contributed by atoms with Gasteiger partial charge in [0.25, 0.3) is 0 Å². The lowest BCUT2D eigenvalue weighted by atomic mass is 10.1. The predicted molar refractivity (Wildman–Crippen MR) is 163 cm³/mol. The quantitative estimate of drug-likeness (QED) is 0.0884. The van der Waals surface area contributed by atoms with Gasteiger partial charge in [0, 0.05) is 0 Å². The van der Waals surface area contributed by atoms with Crippen LogP contribution in [0.25, 0.3) is 0 Å². The minimum absolute atomic E-state index is 0.862. The highest BCUT2D eigenvalue weighted by atomic mass is 14.5. The summed E-state index contributed by atoms with van der Waals surface area (Å²) in [5, 5.41) is 0. The number of nitrogens with two attached hydrogens (primary N) is 2. The topological polar surface area (TPSA) is 52.0 Å². The summed E-state index contributed by atoms with van der Waals surface area (Å²) in [5.74, 6) is 0. The maximum absolute atomic E-state index is 5.47. The van der Waals surface area contributed by atoms with Crippen molar-refractivity contribution in [2.24, 2.45) is 11.5 Å². The number of rotatable bonds is 27. The molecule has 0 atom stereocenters. The molecule has 0 aliphatic heterocycles. The van der Waals surface area contributed by atoms with Gasteiger partial charge >= 0.3 is 0 Å². The molecular weight excluding hydrogens is 424 g/mol. The van der Waals surface area contributed by atoms with Crippen LogP contribution in [-0.2, 0) is 0 Å². The first-order chi connectivity index (χ1) is 17.3. The van der Waals surface area contributed by atoms with Crippen molar-refractivity contribution in [3.63, 3.8) is 0 Å². The van der Waals surface area contributed by atoms with Gasteiger partial charge in [0.1, 0.15) is 0 Å². The SMILES string of the molecule is CCCCCC/C=C/CCCCCCCCN.CCCCCCC/C=C/CCCCCCCCN. The van der Waals surface area contributed by atoms with Crippen molar-refractivity contribution in [2.45, 2.75) is 174 Å². The Morgan fingerprint density at radius 1 is 0.314 bits per heavy atom. The third kappa shape index (κ3) is 40.8. The average Bonchev–Trinajstić information content (AvgIpc) is 2.87. The highest BCUT2D eigenvalue weighted by molar-refractivity contribution is 4.81. The molecule has 0 saturated heterocycles. The van der Waals surface area contributed by atoms with Crippen molar-refractivity contribution >= 4 is 0 Å². The lowest BCUT2D eigenvalue weighted by Gasteiger charge is -1.99. The van der Waals surface area contributed by atoms with Crippen LogP contribution < -0.4 is 11.5 Å². The Morgan fingerprint density at radius 2 is 0.543 bits per heavy atom. The smallest absolute Gasteiger partial charge is 0.00773 e. The van der Waals surface area contributed by atoms with Crippen molar-refractivity contribution in [1.29, 1.82) is 0 Å². The van der Waals surface area contributed by atoms with Gasteiger partial charge in [-0.25, -0.2) is 0 Å². The Morgan fingerprint density at radius 3 is 0.829 bits per heavy atom. The Balaban J connectivity index is 0. The highest BCUT2D eigenvalue weighted by Gasteiger charge is 1.91. The fourth-order valence-corrected chi connectivity index (χ4v) is 4.25. The van der Waals surface area contributed by atoms with Gasteiger partial charge in [0.05, 0.1) is 0 Å². The van der Waals surface area contributed by atoms with Crippen molar-refractivity contribution < 1.29 is 0 Å². The van der Waals surface area contributed by atoms with E-state index in [9.17, 15) is 0 Å². The van der Waals surface area contributed by atoms with Gasteiger partial charge in [-0.15, -0.1) is 0 Å². The Hall–Kier alpha value is -0.600. The molecule has 0 radical (unpaired) electrons. The van der Waals surface area contributed by atoms with Crippen LogP contribution in [0.5, 0.6) is 0 Å². The highest BCUT2D eigenvalue weighted by Crippen LogP contribution is 2.10. The molecule has 35 heavy (non-hydrogen) atoms. The second-order valence-electron chi connectivity index (χ2n) is 10.4. The molecule has 0 rings (SSSR count). The standard InChI is InChI=1S/C17H35N.C16H33N/c1-2-3-4-5-6-7-8-9-10-11-12-13-14-15-16-17-18;1-2-3-4-5-6-7-8-9-10-11-12-13-14-15-16-17/h8-9H,2-7,10-18H2,1H3;7-8H,2-6,9-17H2,1H3/b9-8+;8-7+. The van der Waals surface area contributed by atoms with Crippen molar-refractivity contribution in [1.82, 2.24) is 0 Å². The second kappa shape index (κ2) is 37.9. The summed E-state index contributed by atoms with van der Waals surface area (Å²) < 4.78 is 0. The lowest BCUT2D eigenvalue weighted by Crippen LogP contribution is -1.97. The molecule has 210 valence electrons. The third-order valence-electron chi connectivity index (χ3n) is 6.68. The van der Waals surface area contributed by atoms with Crippen LogP contribution in [0.4, 0.5) is 0 Å². The molecule has 0 amide bonds. The molecule has 0 aromatic heterocycles. The molecule has 2 heteroatoms. The van der Waals surface area contributed by atoms with E-state index in [-0.39, 0.29) is 0 Å². The van der Waals surface area contributed by atoms with E-state index in [1.807, 2.05) is 0 Å². The van der Waals surface area contributed by atoms with E-state index >= 15 is 0 Å². The van der Waals surface area contributed by atoms with Gasteiger partial charge in [-0.3, -0.25) is 0 Å². The zero-order valence-electron chi connectivity index (χ0n) is 24.6. The van der Waals surface area contributed by atoms with E-state index < -0.39 is 0 Å². The predicted octanol–water partition coefficient (Wildman–Crippen LogP) is 10.8. The number of allylic oxidation sites excluding steroid dienone is 4. The summed E-state index contributed by atoms with van der Waals surface area (Å²) in [6.45, 7) is 6.26. The Labute approximate surface area is 223 Å².